The van der Waals surface area contributed by atoms with Crippen molar-refractivity contribution in [2.75, 3.05) is 38.2 Å². The van der Waals surface area contributed by atoms with Crippen LogP contribution in [0.1, 0.15) is 98.2 Å². The Bertz CT molecular complexity index is 861. The molecule has 1 saturated heterocycles. The number of ether oxygens (including phenoxy) is 2. The third-order valence-electron chi connectivity index (χ3n) is 6.02. The van der Waals surface area contributed by atoms with Gasteiger partial charge in [0.15, 0.2) is 0 Å². The highest BCUT2D eigenvalue weighted by atomic mass is 16.6. The summed E-state index contributed by atoms with van der Waals surface area (Å²) in [7, 11) is 1.56. The van der Waals surface area contributed by atoms with Gasteiger partial charge in [0.1, 0.15) is 11.4 Å². The first-order valence-electron chi connectivity index (χ1n) is 14.5. The van der Waals surface area contributed by atoms with Crippen LogP contribution in [0.25, 0.3) is 0 Å². The lowest BCUT2D eigenvalue weighted by Gasteiger charge is -2.42. The number of aromatic nitrogens is 2. The topological polar surface area (TPSA) is 104 Å². The van der Waals surface area contributed by atoms with E-state index < -0.39 is 5.60 Å². The Balaban J connectivity index is 0.00000113. The van der Waals surface area contributed by atoms with Gasteiger partial charge in [0.05, 0.1) is 31.3 Å². The number of methoxy groups -OCH3 is 1. The van der Waals surface area contributed by atoms with Gasteiger partial charge in [-0.1, -0.05) is 59.8 Å². The lowest BCUT2D eigenvalue weighted by Crippen LogP contribution is -2.56. The third-order valence-corrected chi connectivity index (χ3v) is 6.02. The summed E-state index contributed by atoms with van der Waals surface area (Å²) in [5.41, 5.74) is 1.48. The summed E-state index contributed by atoms with van der Waals surface area (Å²) in [6.07, 6.45) is 7.71. The van der Waals surface area contributed by atoms with Crippen LogP contribution in [0.3, 0.4) is 0 Å². The quantitative estimate of drug-likeness (QED) is 0.315. The van der Waals surface area contributed by atoms with Crippen LogP contribution < -0.4 is 15.0 Å². The highest BCUT2D eigenvalue weighted by molar-refractivity contribution is 5.69. The summed E-state index contributed by atoms with van der Waals surface area (Å²) < 4.78 is 10.8. The Morgan fingerprint density at radius 3 is 2.31 bits per heavy atom. The molecule has 2 aliphatic rings. The molecule has 3 heterocycles. The third kappa shape index (κ3) is 12.7. The van der Waals surface area contributed by atoms with Gasteiger partial charge in [0, 0.05) is 31.7 Å². The van der Waals surface area contributed by atoms with Crippen LogP contribution in [-0.4, -0.2) is 65.9 Å². The minimum absolute atomic E-state index is 0.238. The van der Waals surface area contributed by atoms with Crippen molar-refractivity contribution in [3.05, 3.63) is 24.4 Å². The number of hydrogen-bond donors (Lipinski definition) is 1. The first-order valence-corrected chi connectivity index (χ1v) is 14.5. The number of anilines is 1. The Morgan fingerprint density at radius 1 is 1.13 bits per heavy atom. The van der Waals surface area contributed by atoms with E-state index in [9.17, 15) is 10.1 Å². The SMILES string of the molecule is C=C.CC.CCCCCCC.COc1nc2c(c(N3CCN(C(=O)OC(C)(C)C)C(CC#N)C3)n1)CCNC2. The smallest absolute Gasteiger partial charge is 0.410 e. The van der Waals surface area contributed by atoms with E-state index in [0.29, 0.717) is 32.2 Å². The zero-order chi connectivity index (χ0) is 29.8. The maximum atomic E-state index is 12.6. The standard InChI is InChI=1S/C19H28N6O3.C7H16.C2H6.C2H4/c1-19(2,3)28-18(26)25-10-9-24(12-13(25)5-7-20)16-14-6-8-21-11-15(14)22-17(23-16)27-4;1-3-5-7-6-4-2;2*1-2/h13,21H,5-6,8-12H2,1-4H3;3-7H2,1-2H3;1-2H3;1-2H2. The Kier molecular flexibility index (Phi) is 18.6. The van der Waals surface area contributed by atoms with Gasteiger partial charge in [0.2, 0.25) is 0 Å². The van der Waals surface area contributed by atoms with Gasteiger partial charge in [0.25, 0.3) is 0 Å². The average molecular weight is 547 g/mol. The number of rotatable bonds is 7. The Hall–Kier alpha value is -2.86. The van der Waals surface area contributed by atoms with Crippen LogP contribution in [0, 0.1) is 11.3 Å². The zero-order valence-electron chi connectivity index (χ0n) is 25.9. The van der Waals surface area contributed by atoms with Gasteiger partial charge in [-0.2, -0.15) is 15.2 Å². The zero-order valence-corrected chi connectivity index (χ0v) is 25.9. The van der Waals surface area contributed by atoms with Crippen LogP contribution >= 0.6 is 0 Å². The molecule has 0 spiro atoms. The molecule has 39 heavy (non-hydrogen) atoms. The number of piperazine rings is 1. The number of carbonyl (C=O) groups is 1. The number of carbonyl (C=O) groups excluding carboxylic acids is 1. The highest BCUT2D eigenvalue weighted by Gasteiger charge is 2.35. The molecular weight excluding hydrogens is 492 g/mol. The summed E-state index contributed by atoms with van der Waals surface area (Å²) in [6, 6.07) is 2.28. The number of fused-ring (bicyclic) bond motifs is 1. The summed E-state index contributed by atoms with van der Waals surface area (Å²) in [6.45, 7) is 23.2. The monoisotopic (exact) mass is 546 g/mol. The van der Waals surface area contributed by atoms with Gasteiger partial charge < -0.3 is 24.6 Å². The van der Waals surface area contributed by atoms with E-state index in [2.05, 4.69) is 53.3 Å². The van der Waals surface area contributed by atoms with E-state index in [4.69, 9.17) is 9.47 Å². The molecule has 0 bridgehead atoms. The van der Waals surface area contributed by atoms with Crippen molar-refractivity contribution in [2.24, 2.45) is 0 Å². The average Bonchev–Trinajstić information content (AvgIpc) is 2.94. The molecule has 222 valence electrons. The number of nitrogens with one attached hydrogen (secondary N) is 1. The molecule has 0 saturated carbocycles. The maximum absolute atomic E-state index is 12.6. The van der Waals surface area contributed by atoms with Crippen molar-refractivity contribution in [2.45, 2.75) is 112 Å². The lowest BCUT2D eigenvalue weighted by molar-refractivity contribution is 0.0144. The van der Waals surface area contributed by atoms with Crippen LogP contribution in [0.2, 0.25) is 0 Å². The molecule has 1 unspecified atom stereocenters. The molecule has 0 aromatic carbocycles. The molecule has 1 aromatic rings. The second-order valence-electron chi connectivity index (χ2n) is 10.1. The normalized spacial score (nSPS) is 16.0. The second kappa shape index (κ2) is 20.1. The van der Waals surface area contributed by atoms with Gasteiger partial charge >= 0.3 is 12.1 Å². The van der Waals surface area contributed by atoms with Crippen molar-refractivity contribution in [1.29, 1.82) is 5.26 Å². The lowest BCUT2D eigenvalue weighted by atomic mass is 10.0. The number of nitriles is 1. The van der Waals surface area contributed by atoms with Crippen molar-refractivity contribution in [1.82, 2.24) is 20.2 Å². The predicted octanol–water partition coefficient (Wildman–Crippen LogP) is 6.28. The molecule has 1 aromatic heterocycles. The Morgan fingerprint density at radius 2 is 1.77 bits per heavy atom. The van der Waals surface area contributed by atoms with Crippen molar-refractivity contribution < 1.29 is 14.3 Å². The Labute approximate surface area is 238 Å². The van der Waals surface area contributed by atoms with Gasteiger partial charge in [-0.15, -0.1) is 13.2 Å². The minimum Gasteiger partial charge on any atom is -0.467 e. The molecule has 0 radical (unpaired) electrons. The summed E-state index contributed by atoms with van der Waals surface area (Å²) in [5, 5.41) is 12.6. The number of nitrogens with zero attached hydrogens (tertiary/aromatic N) is 5. The minimum atomic E-state index is -0.572. The van der Waals surface area contributed by atoms with Crippen molar-refractivity contribution in [3.63, 3.8) is 0 Å². The molecule has 1 N–H and O–H groups in total. The van der Waals surface area contributed by atoms with Gasteiger partial charge in [-0.05, 0) is 33.7 Å². The summed E-state index contributed by atoms with van der Waals surface area (Å²) >= 11 is 0. The summed E-state index contributed by atoms with van der Waals surface area (Å²) in [5.74, 6) is 0.843. The fourth-order valence-corrected chi connectivity index (χ4v) is 4.24. The molecule has 1 atom stereocenters. The number of amides is 1. The van der Waals surface area contributed by atoms with E-state index in [-0.39, 0.29) is 18.6 Å². The number of unbranched alkanes of at least 4 members (excludes halogenated alkanes) is 4. The molecule has 9 heteroatoms. The molecule has 1 fully saturated rings. The van der Waals surface area contributed by atoms with E-state index in [0.717, 1.165) is 30.0 Å². The molecule has 3 rings (SSSR count). The fraction of sp³-hybridized carbons (Fsp3) is 0.733. The predicted molar refractivity (Wildman–Crippen MR) is 160 cm³/mol. The molecule has 9 nitrogen and oxygen atoms in total. The first kappa shape index (κ1) is 36.1. The maximum Gasteiger partial charge on any atom is 0.410 e. The molecule has 1 amide bonds. The number of hydrogen-bond acceptors (Lipinski definition) is 8. The van der Waals surface area contributed by atoms with Gasteiger partial charge in [-0.25, -0.2) is 4.79 Å². The van der Waals surface area contributed by atoms with E-state index in [1.165, 1.54) is 32.1 Å². The molecular formula is C30H54N6O3. The van der Waals surface area contributed by atoms with Crippen LogP contribution in [0.5, 0.6) is 6.01 Å². The second-order valence-corrected chi connectivity index (χ2v) is 10.1. The van der Waals surface area contributed by atoms with E-state index in [1.807, 2.05) is 34.6 Å². The summed E-state index contributed by atoms with van der Waals surface area (Å²) in [4.78, 5) is 25.5. The van der Waals surface area contributed by atoms with Crippen LogP contribution in [-0.2, 0) is 17.7 Å². The highest BCUT2D eigenvalue weighted by Crippen LogP contribution is 2.29. The van der Waals surface area contributed by atoms with Crippen LogP contribution in [0.15, 0.2) is 13.2 Å². The van der Waals surface area contributed by atoms with Crippen molar-refractivity contribution in [3.8, 4) is 12.1 Å². The van der Waals surface area contributed by atoms with Gasteiger partial charge in [-0.3, -0.25) is 0 Å². The van der Waals surface area contributed by atoms with Crippen molar-refractivity contribution >= 4 is 11.9 Å². The first-order chi connectivity index (χ1) is 18.7. The molecule has 0 aliphatic carbocycles. The molecule has 2 aliphatic heterocycles. The van der Waals surface area contributed by atoms with Crippen LogP contribution in [0.4, 0.5) is 10.6 Å². The largest absolute Gasteiger partial charge is 0.467 e. The van der Waals surface area contributed by atoms with E-state index >= 15 is 0 Å². The fourth-order valence-electron chi connectivity index (χ4n) is 4.24. The van der Waals surface area contributed by atoms with E-state index in [1.54, 1.807) is 12.0 Å².